The highest BCUT2D eigenvalue weighted by Crippen LogP contribution is 2.44. The summed E-state index contributed by atoms with van der Waals surface area (Å²) in [7, 11) is 0. The van der Waals surface area contributed by atoms with Gasteiger partial charge in [-0.25, -0.2) is 4.98 Å². The van der Waals surface area contributed by atoms with Crippen molar-refractivity contribution in [3.05, 3.63) is 47.8 Å². The number of pyridine rings is 1. The molecule has 0 radical (unpaired) electrons. The number of benzene rings is 1. The normalized spacial score (nSPS) is 12.8. The van der Waals surface area contributed by atoms with Crippen LogP contribution in [0.1, 0.15) is 24.5 Å². The highest BCUT2D eigenvalue weighted by molar-refractivity contribution is 6.01. The molecule has 1 aromatic carbocycles. The van der Waals surface area contributed by atoms with Gasteiger partial charge in [0.25, 0.3) is 0 Å². The Morgan fingerprint density at radius 1 is 1.35 bits per heavy atom. The Bertz CT molecular complexity index is 1260. The molecule has 0 aliphatic carbocycles. The van der Waals surface area contributed by atoms with Crippen molar-refractivity contribution in [2.45, 2.75) is 19.8 Å². The summed E-state index contributed by atoms with van der Waals surface area (Å²) in [6.45, 7) is 1.31. The summed E-state index contributed by atoms with van der Waals surface area (Å²) in [5.41, 5.74) is 1.28. The van der Waals surface area contributed by atoms with E-state index in [-0.39, 0.29) is 53.2 Å². The van der Waals surface area contributed by atoms with Crippen molar-refractivity contribution in [1.29, 1.82) is 5.26 Å². The van der Waals surface area contributed by atoms with E-state index in [1.807, 2.05) is 6.07 Å². The number of nitriles is 1. The maximum atomic E-state index is 11.9. The third-order valence-electron chi connectivity index (χ3n) is 4.54. The second kappa shape index (κ2) is 8.03. The van der Waals surface area contributed by atoms with Gasteiger partial charge in [-0.2, -0.15) is 15.0 Å². The smallest absolute Gasteiger partial charge is 0.224 e. The molecule has 0 bridgehead atoms. The number of phenolic OH excluding ortho intramolecular Hbond substituents is 1. The largest absolute Gasteiger partial charge is 0.505 e. The topological polar surface area (TPSA) is 158 Å². The van der Waals surface area contributed by atoms with E-state index in [0.717, 1.165) is 0 Å². The van der Waals surface area contributed by atoms with Crippen molar-refractivity contribution < 1.29 is 14.7 Å². The van der Waals surface area contributed by atoms with Gasteiger partial charge in [0, 0.05) is 25.1 Å². The average Bonchev–Trinajstić information content (AvgIpc) is 3.18. The van der Waals surface area contributed by atoms with Crippen molar-refractivity contribution in [2.24, 2.45) is 10.2 Å². The molecule has 11 heteroatoms. The molecular formula is C20H16N8O3. The highest BCUT2D eigenvalue weighted by Gasteiger charge is 2.24. The first-order valence-corrected chi connectivity index (χ1v) is 9.25. The van der Waals surface area contributed by atoms with Crippen LogP contribution in [0.3, 0.4) is 0 Å². The number of fused-ring (bicyclic) bond motifs is 1. The number of rotatable bonds is 4. The van der Waals surface area contributed by atoms with Crippen LogP contribution in [0.5, 0.6) is 5.75 Å². The predicted octanol–water partition coefficient (Wildman–Crippen LogP) is 3.10. The molecule has 0 spiro atoms. The number of aromatic hydroxyl groups is 1. The molecule has 3 aromatic rings. The van der Waals surface area contributed by atoms with Gasteiger partial charge in [0.05, 0.1) is 17.6 Å². The molecule has 31 heavy (non-hydrogen) atoms. The first-order chi connectivity index (χ1) is 15.0. The number of nitrogens with one attached hydrogen (secondary N) is 2. The molecule has 3 N–H and O–H groups in total. The van der Waals surface area contributed by atoms with Crippen LogP contribution in [0.25, 0.3) is 5.82 Å². The van der Waals surface area contributed by atoms with Gasteiger partial charge in [0.1, 0.15) is 23.1 Å². The SMILES string of the molecule is CC(=O)Nc1cc(/N=N/c2c(C#N)cnn2-c2ccccn2)c2c(c1O)CCC(=O)N2. The Balaban J connectivity index is 1.83. The first-order valence-electron chi connectivity index (χ1n) is 9.25. The van der Waals surface area contributed by atoms with Gasteiger partial charge in [-0.15, -0.1) is 10.2 Å². The molecule has 4 rings (SSSR count). The molecular weight excluding hydrogens is 400 g/mol. The average molecular weight is 416 g/mol. The first kappa shape index (κ1) is 19.7. The highest BCUT2D eigenvalue weighted by atomic mass is 16.3. The minimum absolute atomic E-state index is 0.139. The van der Waals surface area contributed by atoms with Gasteiger partial charge in [-0.05, 0) is 24.6 Å². The molecule has 0 saturated heterocycles. The fourth-order valence-electron chi connectivity index (χ4n) is 3.16. The van der Waals surface area contributed by atoms with Gasteiger partial charge in [-0.3, -0.25) is 9.59 Å². The van der Waals surface area contributed by atoms with Crippen molar-refractivity contribution in [2.75, 3.05) is 10.6 Å². The molecule has 3 heterocycles. The van der Waals surface area contributed by atoms with Crippen molar-refractivity contribution in [3.63, 3.8) is 0 Å². The number of carbonyl (C=O) groups is 2. The predicted molar refractivity (Wildman–Crippen MR) is 110 cm³/mol. The van der Waals surface area contributed by atoms with Crippen LogP contribution in [0.15, 0.2) is 46.9 Å². The van der Waals surface area contributed by atoms with Gasteiger partial charge in [0.15, 0.2) is 11.6 Å². The summed E-state index contributed by atoms with van der Waals surface area (Å²) in [6.07, 6.45) is 3.39. The number of aromatic nitrogens is 3. The van der Waals surface area contributed by atoms with E-state index < -0.39 is 0 Å². The van der Waals surface area contributed by atoms with Gasteiger partial charge in [-0.1, -0.05) is 6.07 Å². The molecule has 1 aliphatic rings. The fourth-order valence-corrected chi connectivity index (χ4v) is 3.16. The van der Waals surface area contributed by atoms with E-state index in [1.54, 1.807) is 24.4 Å². The summed E-state index contributed by atoms with van der Waals surface area (Å²) in [4.78, 5) is 27.7. The number of anilines is 2. The lowest BCUT2D eigenvalue weighted by Gasteiger charge is -2.21. The zero-order chi connectivity index (χ0) is 22.0. The summed E-state index contributed by atoms with van der Waals surface area (Å²) in [5, 5.41) is 37.7. The number of phenols is 1. The molecule has 0 fully saturated rings. The van der Waals surface area contributed by atoms with Crippen LogP contribution in [-0.2, 0) is 16.0 Å². The van der Waals surface area contributed by atoms with E-state index in [1.165, 1.54) is 23.9 Å². The summed E-state index contributed by atoms with van der Waals surface area (Å²) >= 11 is 0. The quantitative estimate of drug-likeness (QED) is 0.438. The van der Waals surface area contributed by atoms with E-state index in [9.17, 15) is 20.0 Å². The molecule has 154 valence electrons. The van der Waals surface area contributed by atoms with Crippen LogP contribution >= 0.6 is 0 Å². The molecule has 0 unspecified atom stereocenters. The van der Waals surface area contributed by atoms with Crippen molar-refractivity contribution >= 4 is 34.7 Å². The Morgan fingerprint density at radius 3 is 2.90 bits per heavy atom. The maximum Gasteiger partial charge on any atom is 0.224 e. The molecule has 2 amide bonds. The Morgan fingerprint density at radius 2 is 2.19 bits per heavy atom. The number of azo groups is 1. The summed E-state index contributed by atoms with van der Waals surface area (Å²) in [5.74, 6) is -0.158. The van der Waals surface area contributed by atoms with Crippen LogP contribution in [-0.4, -0.2) is 31.7 Å². The molecule has 1 aliphatic heterocycles. The number of nitrogens with zero attached hydrogens (tertiary/aromatic N) is 6. The zero-order valence-electron chi connectivity index (χ0n) is 16.3. The van der Waals surface area contributed by atoms with Crippen LogP contribution in [0, 0.1) is 11.3 Å². The van der Waals surface area contributed by atoms with Crippen LogP contribution < -0.4 is 10.6 Å². The minimum Gasteiger partial charge on any atom is -0.505 e. The molecule has 2 aromatic heterocycles. The third-order valence-corrected chi connectivity index (χ3v) is 4.54. The zero-order valence-corrected chi connectivity index (χ0v) is 16.3. The Labute approximate surface area is 176 Å². The lowest BCUT2D eigenvalue weighted by atomic mass is 9.99. The van der Waals surface area contributed by atoms with Crippen LogP contribution in [0.4, 0.5) is 22.9 Å². The van der Waals surface area contributed by atoms with Crippen LogP contribution in [0.2, 0.25) is 0 Å². The van der Waals surface area contributed by atoms with Gasteiger partial charge in [0.2, 0.25) is 11.8 Å². The minimum atomic E-state index is -0.377. The number of amides is 2. The lowest BCUT2D eigenvalue weighted by molar-refractivity contribution is -0.116. The molecule has 0 saturated carbocycles. The number of hydrogen-bond donors (Lipinski definition) is 3. The van der Waals surface area contributed by atoms with Crippen molar-refractivity contribution in [3.8, 4) is 17.6 Å². The Hall–Kier alpha value is -4.59. The third kappa shape index (κ3) is 3.82. The van der Waals surface area contributed by atoms with Crippen molar-refractivity contribution in [1.82, 2.24) is 14.8 Å². The standard InChI is InChI=1S/C20H16N8O3/c1-11(29)24-15-8-14(18-13(19(15)31)5-6-17(30)25-18)26-27-20-12(9-21)10-23-28(20)16-4-2-3-7-22-16/h2-4,7-8,10,31H,5-6H2,1H3,(H,24,29)(H,25,30)/b27-26+. The van der Waals surface area contributed by atoms with Gasteiger partial charge < -0.3 is 15.7 Å². The number of carbonyl (C=O) groups excluding carboxylic acids is 2. The summed E-state index contributed by atoms with van der Waals surface area (Å²) in [6, 6.07) is 8.62. The summed E-state index contributed by atoms with van der Waals surface area (Å²) < 4.78 is 1.36. The second-order valence-corrected chi connectivity index (χ2v) is 6.67. The molecule has 0 atom stereocenters. The van der Waals surface area contributed by atoms with Gasteiger partial charge >= 0.3 is 0 Å². The van der Waals surface area contributed by atoms with E-state index in [2.05, 4.69) is 30.9 Å². The number of hydrogen-bond acceptors (Lipinski definition) is 8. The van der Waals surface area contributed by atoms with E-state index in [0.29, 0.717) is 17.1 Å². The molecule has 11 nitrogen and oxygen atoms in total. The fraction of sp³-hybridized carbons (Fsp3) is 0.150. The second-order valence-electron chi connectivity index (χ2n) is 6.67. The van der Waals surface area contributed by atoms with E-state index in [4.69, 9.17) is 0 Å². The lowest BCUT2D eigenvalue weighted by Crippen LogP contribution is -2.19. The monoisotopic (exact) mass is 416 g/mol. The Kier molecular flexibility index (Phi) is 5.11. The van der Waals surface area contributed by atoms with E-state index >= 15 is 0 Å². The maximum absolute atomic E-state index is 11.9.